The molecule has 0 aliphatic carbocycles. The average Bonchev–Trinajstić information content (AvgIpc) is 2.35. The Morgan fingerprint density at radius 2 is 1.95 bits per heavy atom. The van der Waals surface area contributed by atoms with Crippen molar-refractivity contribution < 1.29 is 4.74 Å². The van der Waals surface area contributed by atoms with Crippen LogP contribution in [0.25, 0.3) is 0 Å². The molecule has 0 atom stereocenters. The molecule has 0 aliphatic heterocycles. The van der Waals surface area contributed by atoms with Gasteiger partial charge >= 0.3 is 0 Å². The van der Waals surface area contributed by atoms with E-state index in [-0.39, 0.29) is 11.6 Å². The topological polar surface area (TPSA) is 24.5 Å². The van der Waals surface area contributed by atoms with Crippen molar-refractivity contribution in [3.63, 3.8) is 0 Å². The molecule has 0 unspecified atom stereocenters. The summed E-state index contributed by atoms with van der Waals surface area (Å²) >= 11 is 3.57. The third-order valence-corrected chi connectivity index (χ3v) is 3.64. The molecule has 1 rings (SSSR count). The van der Waals surface area contributed by atoms with Crippen LogP contribution in [-0.4, -0.2) is 31.8 Å². The first kappa shape index (κ1) is 18.5. The van der Waals surface area contributed by atoms with Crippen molar-refractivity contribution in [3.8, 4) is 0 Å². The fourth-order valence-corrected chi connectivity index (χ4v) is 2.30. The van der Waals surface area contributed by atoms with Gasteiger partial charge in [-0.3, -0.25) is 0 Å². The minimum absolute atomic E-state index is 0.115. The van der Waals surface area contributed by atoms with E-state index in [0.717, 1.165) is 24.2 Å². The van der Waals surface area contributed by atoms with Crippen molar-refractivity contribution in [2.24, 2.45) is 0 Å². The molecule has 1 aromatic carbocycles. The van der Waals surface area contributed by atoms with Gasteiger partial charge in [0.15, 0.2) is 0 Å². The van der Waals surface area contributed by atoms with Crippen LogP contribution in [-0.2, 0) is 11.3 Å². The van der Waals surface area contributed by atoms with Crippen molar-refractivity contribution in [3.05, 3.63) is 28.2 Å². The molecular weight excluding hydrogens is 328 g/mol. The number of likely N-dealkylation sites (N-methyl/N-ethyl adjacent to an activating group) is 1. The lowest BCUT2D eigenvalue weighted by molar-refractivity contribution is 0.0846. The van der Waals surface area contributed by atoms with Crippen molar-refractivity contribution >= 4 is 21.6 Å². The van der Waals surface area contributed by atoms with Gasteiger partial charge in [0.2, 0.25) is 0 Å². The van der Waals surface area contributed by atoms with E-state index in [1.807, 2.05) is 0 Å². The third kappa shape index (κ3) is 7.30. The number of hydrogen-bond donors (Lipinski definition) is 1. The Morgan fingerprint density at radius 1 is 1.29 bits per heavy atom. The predicted molar refractivity (Wildman–Crippen MR) is 95.1 cm³/mol. The van der Waals surface area contributed by atoms with Crippen LogP contribution in [0.4, 0.5) is 5.69 Å². The number of anilines is 1. The summed E-state index contributed by atoms with van der Waals surface area (Å²) < 4.78 is 6.75. The number of ether oxygens (including phenoxy) is 1. The summed E-state index contributed by atoms with van der Waals surface area (Å²) in [5.41, 5.74) is 2.66. The van der Waals surface area contributed by atoms with Crippen molar-refractivity contribution in [2.45, 2.75) is 52.8 Å². The first-order valence-electron chi connectivity index (χ1n) is 7.55. The molecule has 0 heterocycles. The lowest BCUT2D eigenvalue weighted by Crippen LogP contribution is -2.35. The van der Waals surface area contributed by atoms with Crippen molar-refractivity contribution in [1.29, 1.82) is 0 Å². The van der Waals surface area contributed by atoms with E-state index in [4.69, 9.17) is 4.74 Å². The van der Waals surface area contributed by atoms with E-state index in [0.29, 0.717) is 0 Å². The molecule has 3 nitrogen and oxygen atoms in total. The molecule has 0 amide bonds. The highest BCUT2D eigenvalue weighted by molar-refractivity contribution is 9.10. The molecule has 0 radical (unpaired) electrons. The highest BCUT2D eigenvalue weighted by atomic mass is 79.9. The zero-order valence-electron chi connectivity index (χ0n) is 14.2. The Bertz CT molecular complexity index is 441. The number of benzene rings is 1. The second-order valence-electron chi connectivity index (χ2n) is 6.72. The standard InChI is InChI=1S/C17H29BrN2O/c1-13(2)21-10-9-20(6)16-11-15(18)8-7-14(16)12-19-17(3,4)5/h7-8,11,13,19H,9-10,12H2,1-6H3. The number of rotatable bonds is 7. The molecule has 0 aromatic heterocycles. The van der Waals surface area contributed by atoms with Gasteiger partial charge < -0.3 is 15.0 Å². The van der Waals surface area contributed by atoms with Gasteiger partial charge in [-0.15, -0.1) is 0 Å². The monoisotopic (exact) mass is 356 g/mol. The van der Waals surface area contributed by atoms with Gasteiger partial charge in [-0.25, -0.2) is 0 Å². The molecule has 120 valence electrons. The number of halogens is 1. The van der Waals surface area contributed by atoms with E-state index < -0.39 is 0 Å². The highest BCUT2D eigenvalue weighted by Gasteiger charge is 2.13. The van der Waals surface area contributed by atoms with Crippen LogP contribution in [0.5, 0.6) is 0 Å². The van der Waals surface area contributed by atoms with Gasteiger partial charge in [-0.2, -0.15) is 0 Å². The second kappa shape index (κ2) is 8.16. The van der Waals surface area contributed by atoms with Crippen molar-refractivity contribution in [2.75, 3.05) is 25.1 Å². The minimum atomic E-state index is 0.115. The fourth-order valence-electron chi connectivity index (χ4n) is 1.95. The van der Waals surface area contributed by atoms with Crippen LogP contribution in [0.15, 0.2) is 22.7 Å². The SMILES string of the molecule is CC(C)OCCN(C)c1cc(Br)ccc1CNC(C)(C)C. The Kier molecular flexibility index (Phi) is 7.17. The molecule has 0 fully saturated rings. The van der Waals surface area contributed by atoms with E-state index in [1.54, 1.807) is 0 Å². The molecule has 0 aliphatic rings. The zero-order valence-corrected chi connectivity index (χ0v) is 15.8. The Morgan fingerprint density at radius 3 is 2.52 bits per heavy atom. The van der Waals surface area contributed by atoms with Crippen LogP contribution in [0, 0.1) is 0 Å². The Balaban J connectivity index is 2.76. The maximum Gasteiger partial charge on any atom is 0.0644 e. The minimum Gasteiger partial charge on any atom is -0.377 e. The molecule has 0 spiro atoms. The van der Waals surface area contributed by atoms with Crippen LogP contribution >= 0.6 is 15.9 Å². The summed E-state index contributed by atoms with van der Waals surface area (Å²) in [6.07, 6.45) is 0.280. The molecule has 1 N–H and O–H groups in total. The van der Waals surface area contributed by atoms with Crippen LogP contribution in [0.1, 0.15) is 40.2 Å². The maximum absolute atomic E-state index is 5.65. The maximum atomic E-state index is 5.65. The van der Waals surface area contributed by atoms with Gasteiger partial charge in [0.1, 0.15) is 0 Å². The fraction of sp³-hybridized carbons (Fsp3) is 0.647. The molecule has 0 saturated carbocycles. The van der Waals surface area contributed by atoms with E-state index in [9.17, 15) is 0 Å². The van der Waals surface area contributed by atoms with E-state index >= 15 is 0 Å². The zero-order chi connectivity index (χ0) is 16.0. The van der Waals surface area contributed by atoms with Crippen LogP contribution < -0.4 is 10.2 Å². The third-order valence-electron chi connectivity index (χ3n) is 3.15. The summed E-state index contributed by atoms with van der Waals surface area (Å²) in [6, 6.07) is 6.45. The first-order chi connectivity index (χ1) is 9.69. The summed E-state index contributed by atoms with van der Waals surface area (Å²) in [7, 11) is 2.12. The molecular formula is C17H29BrN2O. The molecule has 0 bridgehead atoms. The summed E-state index contributed by atoms with van der Waals surface area (Å²) in [6.45, 7) is 13.2. The number of nitrogens with zero attached hydrogens (tertiary/aromatic N) is 1. The number of nitrogens with one attached hydrogen (secondary N) is 1. The molecule has 0 saturated heterocycles. The molecule has 4 heteroatoms. The molecule has 21 heavy (non-hydrogen) atoms. The van der Waals surface area contributed by atoms with Gasteiger partial charge in [-0.1, -0.05) is 22.0 Å². The first-order valence-corrected chi connectivity index (χ1v) is 8.34. The lowest BCUT2D eigenvalue weighted by Gasteiger charge is -2.26. The smallest absolute Gasteiger partial charge is 0.0644 e. The quantitative estimate of drug-likeness (QED) is 0.792. The normalized spacial score (nSPS) is 12.0. The Hall–Kier alpha value is -0.580. The van der Waals surface area contributed by atoms with Gasteiger partial charge in [0.05, 0.1) is 12.7 Å². The number of hydrogen-bond acceptors (Lipinski definition) is 3. The summed E-state index contributed by atoms with van der Waals surface area (Å²) in [4.78, 5) is 2.26. The van der Waals surface area contributed by atoms with Crippen molar-refractivity contribution in [1.82, 2.24) is 5.32 Å². The van der Waals surface area contributed by atoms with E-state index in [2.05, 4.69) is 86.0 Å². The Labute approximate surface area is 138 Å². The summed E-state index contributed by atoms with van der Waals surface area (Å²) in [5.74, 6) is 0. The molecule has 1 aromatic rings. The van der Waals surface area contributed by atoms with Crippen LogP contribution in [0.3, 0.4) is 0 Å². The van der Waals surface area contributed by atoms with Crippen LogP contribution in [0.2, 0.25) is 0 Å². The van der Waals surface area contributed by atoms with Gasteiger partial charge in [0, 0.05) is 35.8 Å². The van der Waals surface area contributed by atoms with Gasteiger partial charge in [-0.05, 0) is 52.3 Å². The largest absolute Gasteiger partial charge is 0.377 e. The average molecular weight is 357 g/mol. The van der Waals surface area contributed by atoms with Gasteiger partial charge in [0.25, 0.3) is 0 Å². The lowest BCUT2D eigenvalue weighted by atomic mass is 10.1. The van der Waals surface area contributed by atoms with E-state index in [1.165, 1.54) is 11.3 Å². The summed E-state index contributed by atoms with van der Waals surface area (Å²) in [5, 5.41) is 3.55. The predicted octanol–water partition coefficient (Wildman–Crippen LogP) is 4.20. The second-order valence-corrected chi connectivity index (χ2v) is 7.63. The highest BCUT2D eigenvalue weighted by Crippen LogP contribution is 2.25.